The van der Waals surface area contributed by atoms with Gasteiger partial charge in [-0.1, -0.05) is 39.8 Å². The van der Waals surface area contributed by atoms with Crippen LogP contribution in [0, 0.1) is 0 Å². The second kappa shape index (κ2) is 5.54. The van der Waals surface area contributed by atoms with Crippen LogP contribution in [0.15, 0.2) is 12.1 Å². The molecule has 0 aromatic heterocycles. The summed E-state index contributed by atoms with van der Waals surface area (Å²) < 4.78 is 0. The summed E-state index contributed by atoms with van der Waals surface area (Å²) in [6, 6.07) is 4.26. The molecule has 0 atom stereocenters. The van der Waals surface area contributed by atoms with Crippen LogP contribution in [-0.2, 0) is 6.54 Å². The van der Waals surface area contributed by atoms with Crippen LogP contribution in [0.1, 0.15) is 56.2 Å². The van der Waals surface area contributed by atoms with Gasteiger partial charge in [-0.3, -0.25) is 0 Å². The lowest BCUT2D eigenvalue weighted by atomic mass is 9.91. The summed E-state index contributed by atoms with van der Waals surface area (Å²) in [4.78, 5) is 2.15. The average Bonchev–Trinajstić information content (AvgIpc) is 2.18. The van der Waals surface area contributed by atoms with Crippen LogP contribution in [0.25, 0.3) is 0 Å². The van der Waals surface area contributed by atoms with Crippen molar-refractivity contribution >= 4 is 0 Å². The van der Waals surface area contributed by atoms with Crippen LogP contribution in [0.5, 0.6) is 5.75 Å². The molecule has 1 aromatic rings. The van der Waals surface area contributed by atoms with Gasteiger partial charge in [0.15, 0.2) is 0 Å². The van der Waals surface area contributed by atoms with Crippen molar-refractivity contribution in [2.75, 3.05) is 14.1 Å². The summed E-state index contributed by atoms with van der Waals surface area (Å²) >= 11 is 0. The van der Waals surface area contributed by atoms with Gasteiger partial charge in [0.2, 0.25) is 0 Å². The maximum atomic E-state index is 10.3. The van der Waals surface area contributed by atoms with E-state index in [0.29, 0.717) is 17.6 Å². The molecule has 0 saturated carbocycles. The minimum Gasteiger partial charge on any atom is -0.507 e. The standard InChI is InChI=1S/C15H25NO/c1-10(2)13-7-12(9-16(5)6)8-14(11(3)4)15(13)17/h7-8,10-11,17H,9H2,1-6H3. The first-order valence-electron chi connectivity index (χ1n) is 6.33. The molecule has 0 spiro atoms. The van der Waals surface area contributed by atoms with Gasteiger partial charge in [0.25, 0.3) is 0 Å². The molecule has 96 valence electrons. The zero-order chi connectivity index (χ0) is 13.2. The maximum absolute atomic E-state index is 10.3. The zero-order valence-electron chi connectivity index (χ0n) is 11.9. The second-order valence-corrected chi connectivity index (χ2v) is 5.67. The highest BCUT2D eigenvalue weighted by Crippen LogP contribution is 2.34. The van der Waals surface area contributed by atoms with Crippen LogP contribution in [0.4, 0.5) is 0 Å². The Labute approximate surface area is 105 Å². The van der Waals surface area contributed by atoms with E-state index < -0.39 is 0 Å². The Morgan fingerprint density at radius 1 is 1.00 bits per heavy atom. The van der Waals surface area contributed by atoms with E-state index in [-0.39, 0.29) is 0 Å². The van der Waals surface area contributed by atoms with Gasteiger partial charge in [0, 0.05) is 6.54 Å². The third-order valence-electron chi connectivity index (χ3n) is 2.97. The van der Waals surface area contributed by atoms with Crippen LogP contribution in [0.2, 0.25) is 0 Å². The highest BCUT2D eigenvalue weighted by molar-refractivity contribution is 5.46. The fourth-order valence-electron chi connectivity index (χ4n) is 2.08. The number of phenols is 1. The molecular weight excluding hydrogens is 210 g/mol. The van der Waals surface area contributed by atoms with Crippen LogP contribution >= 0.6 is 0 Å². The molecular formula is C15H25NO. The van der Waals surface area contributed by atoms with Gasteiger partial charge < -0.3 is 10.0 Å². The molecule has 0 aliphatic rings. The van der Waals surface area contributed by atoms with E-state index in [9.17, 15) is 5.11 Å². The Bertz CT molecular complexity index is 352. The van der Waals surface area contributed by atoms with E-state index in [0.717, 1.165) is 17.7 Å². The topological polar surface area (TPSA) is 23.5 Å². The predicted octanol–water partition coefficient (Wildman–Crippen LogP) is 3.70. The van der Waals surface area contributed by atoms with Gasteiger partial charge in [-0.25, -0.2) is 0 Å². The molecule has 0 amide bonds. The summed E-state index contributed by atoms with van der Waals surface area (Å²) in [6.45, 7) is 9.41. The number of nitrogens with zero attached hydrogens (tertiary/aromatic N) is 1. The first kappa shape index (κ1) is 14.0. The van der Waals surface area contributed by atoms with Crippen molar-refractivity contribution in [1.29, 1.82) is 0 Å². The molecule has 0 unspecified atom stereocenters. The summed E-state index contributed by atoms with van der Waals surface area (Å²) in [6.07, 6.45) is 0. The van der Waals surface area contributed by atoms with Crippen molar-refractivity contribution < 1.29 is 5.11 Å². The molecule has 0 bridgehead atoms. The lowest BCUT2D eigenvalue weighted by Gasteiger charge is -2.19. The van der Waals surface area contributed by atoms with Gasteiger partial charge in [-0.15, -0.1) is 0 Å². The van der Waals surface area contributed by atoms with E-state index in [1.54, 1.807) is 0 Å². The van der Waals surface area contributed by atoms with Crippen molar-refractivity contribution in [3.05, 3.63) is 28.8 Å². The fourth-order valence-corrected chi connectivity index (χ4v) is 2.08. The van der Waals surface area contributed by atoms with Gasteiger partial charge in [0.05, 0.1) is 0 Å². The number of aromatic hydroxyl groups is 1. The van der Waals surface area contributed by atoms with Crippen LogP contribution in [0.3, 0.4) is 0 Å². The Morgan fingerprint density at radius 2 is 1.41 bits per heavy atom. The Kier molecular flexibility index (Phi) is 4.58. The summed E-state index contributed by atoms with van der Waals surface area (Å²) in [5.74, 6) is 1.20. The Hall–Kier alpha value is -1.02. The molecule has 2 heteroatoms. The molecule has 2 nitrogen and oxygen atoms in total. The highest BCUT2D eigenvalue weighted by atomic mass is 16.3. The van der Waals surface area contributed by atoms with Crippen molar-refractivity contribution in [3.8, 4) is 5.75 Å². The van der Waals surface area contributed by atoms with E-state index >= 15 is 0 Å². The predicted molar refractivity (Wildman–Crippen MR) is 73.7 cm³/mol. The number of benzene rings is 1. The smallest absolute Gasteiger partial charge is 0.122 e. The molecule has 0 fully saturated rings. The number of hydrogen-bond donors (Lipinski definition) is 1. The molecule has 0 radical (unpaired) electrons. The van der Waals surface area contributed by atoms with E-state index in [2.05, 4.69) is 58.8 Å². The third kappa shape index (κ3) is 3.47. The normalized spacial score (nSPS) is 11.8. The molecule has 1 N–H and O–H groups in total. The first-order chi connectivity index (χ1) is 7.82. The third-order valence-corrected chi connectivity index (χ3v) is 2.97. The van der Waals surface area contributed by atoms with Gasteiger partial charge in [-0.2, -0.15) is 0 Å². The van der Waals surface area contributed by atoms with Crippen molar-refractivity contribution in [3.63, 3.8) is 0 Å². The number of hydrogen-bond acceptors (Lipinski definition) is 2. The van der Waals surface area contributed by atoms with Crippen LogP contribution in [-0.4, -0.2) is 24.1 Å². The molecule has 0 aliphatic heterocycles. The number of phenolic OH excluding ortho intramolecular Hbond substituents is 1. The average molecular weight is 235 g/mol. The highest BCUT2D eigenvalue weighted by Gasteiger charge is 2.15. The van der Waals surface area contributed by atoms with Crippen molar-refractivity contribution in [2.45, 2.75) is 46.1 Å². The summed E-state index contributed by atoms with van der Waals surface area (Å²) in [5.41, 5.74) is 3.40. The van der Waals surface area contributed by atoms with Gasteiger partial charge in [0.1, 0.15) is 5.75 Å². The molecule has 0 saturated heterocycles. The Morgan fingerprint density at radius 3 is 1.71 bits per heavy atom. The zero-order valence-corrected chi connectivity index (χ0v) is 11.9. The monoisotopic (exact) mass is 235 g/mol. The van der Waals surface area contributed by atoms with Crippen LogP contribution < -0.4 is 0 Å². The maximum Gasteiger partial charge on any atom is 0.122 e. The van der Waals surface area contributed by atoms with E-state index in [1.807, 2.05) is 0 Å². The molecule has 1 rings (SSSR count). The molecule has 0 heterocycles. The lowest BCUT2D eigenvalue weighted by molar-refractivity contribution is 0.400. The minimum atomic E-state index is 0.356. The molecule has 0 aliphatic carbocycles. The summed E-state index contributed by atoms with van der Waals surface area (Å²) in [7, 11) is 4.13. The quantitative estimate of drug-likeness (QED) is 0.860. The lowest BCUT2D eigenvalue weighted by Crippen LogP contribution is -2.11. The van der Waals surface area contributed by atoms with Gasteiger partial charge >= 0.3 is 0 Å². The first-order valence-corrected chi connectivity index (χ1v) is 6.33. The SMILES string of the molecule is CC(C)c1cc(CN(C)C)cc(C(C)C)c1O. The van der Waals surface area contributed by atoms with E-state index in [4.69, 9.17) is 0 Å². The second-order valence-electron chi connectivity index (χ2n) is 5.67. The molecule has 17 heavy (non-hydrogen) atoms. The van der Waals surface area contributed by atoms with Gasteiger partial charge in [-0.05, 0) is 42.6 Å². The number of rotatable bonds is 4. The largest absolute Gasteiger partial charge is 0.507 e. The molecule has 1 aromatic carbocycles. The van der Waals surface area contributed by atoms with E-state index in [1.165, 1.54) is 5.56 Å². The summed E-state index contributed by atoms with van der Waals surface area (Å²) in [5, 5.41) is 10.3. The van der Waals surface area contributed by atoms with Crippen molar-refractivity contribution in [1.82, 2.24) is 4.90 Å². The minimum absolute atomic E-state index is 0.356. The van der Waals surface area contributed by atoms with Crippen molar-refractivity contribution in [2.24, 2.45) is 0 Å². The Balaban J connectivity index is 3.26. The fraction of sp³-hybridized carbons (Fsp3) is 0.600.